The van der Waals surface area contributed by atoms with Crippen LogP contribution in [0.25, 0.3) is 0 Å². The van der Waals surface area contributed by atoms with E-state index in [0.717, 1.165) is 0 Å². The number of carboxylic acids is 1. The zero-order chi connectivity index (χ0) is 11.9. The molecule has 2 unspecified atom stereocenters. The Kier molecular flexibility index (Phi) is 2.78. The van der Waals surface area contributed by atoms with Crippen LogP contribution in [0.3, 0.4) is 0 Å². The third-order valence-electron chi connectivity index (χ3n) is 3.39. The van der Waals surface area contributed by atoms with Crippen LogP contribution in [0.15, 0.2) is 0 Å². The van der Waals surface area contributed by atoms with Crippen molar-refractivity contribution in [1.82, 2.24) is 0 Å². The largest absolute Gasteiger partial charge is 0.514 e. The highest BCUT2D eigenvalue weighted by atomic mass is 16.4. The molecule has 1 aliphatic rings. The van der Waals surface area contributed by atoms with Crippen LogP contribution in [0.4, 0.5) is 4.79 Å². The van der Waals surface area contributed by atoms with Gasteiger partial charge in [0.25, 0.3) is 0 Å². The molecule has 0 spiro atoms. The van der Waals surface area contributed by atoms with Gasteiger partial charge in [0.2, 0.25) is 0 Å². The van der Waals surface area contributed by atoms with Gasteiger partial charge in [-0.2, -0.15) is 4.79 Å². The lowest BCUT2D eigenvalue weighted by molar-refractivity contribution is -0.892. The van der Waals surface area contributed by atoms with Crippen LogP contribution < -0.4 is 0 Å². The zero-order valence-electron chi connectivity index (χ0n) is 9.36. The maximum atomic E-state index is 11.3. The normalized spacial score (nSPS) is 31.5. The summed E-state index contributed by atoms with van der Waals surface area (Å²) in [6.07, 6.45) is -0.481. The predicted octanol–water partition coefficient (Wildman–Crippen LogP) is 1.38. The molecule has 2 N–H and O–H groups in total. The van der Waals surface area contributed by atoms with Crippen LogP contribution in [0, 0.1) is 5.92 Å². The van der Waals surface area contributed by atoms with Crippen molar-refractivity contribution >= 4 is 12.1 Å². The van der Waals surface area contributed by atoms with E-state index in [-0.39, 0.29) is 11.0 Å². The summed E-state index contributed by atoms with van der Waals surface area (Å²) < 4.78 is -0.149. The lowest BCUT2D eigenvalue weighted by Crippen LogP contribution is -2.62. The molecule has 0 bridgehead atoms. The molecule has 0 aromatic carbocycles. The number of carboxylic acid groups (broad SMARTS) is 2. The van der Waals surface area contributed by atoms with Crippen molar-refractivity contribution < 1.29 is 24.3 Å². The second-order valence-corrected chi connectivity index (χ2v) is 5.15. The number of rotatable bonds is 1. The van der Waals surface area contributed by atoms with Gasteiger partial charge in [0.05, 0.1) is 6.54 Å². The van der Waals surface area contributed by atoms with Gasteiger partial charge in [-0.05, 0) is 20.8 Å². The summed E-state index contributed by atoms with van der Waals surface area (Å²) in [6, 6.07) is 0. The van der Waals surface area contributed by atoms with Gasteiger partial charge in [-0.3, -0.25) is 4.79 Å². The minimum absolute atomic E-state index is 0.149. The molecular weight excluding hydrogens is 198 g/mol. The Bertz CT molecular complexity index is 294. The molecule has 1 saturated heterocycles. The highest BCUT2D eigenvalue weighted by molar-refractivity contribution is 5.71. The zero-order valence-corrected chi connectivity index (χ0v) is 9.36. The van der Waals surface area contributed by atoms with Gasteiger partial charge < -0.3 is 10.2 Å². The molecule has 1 aliphatic heterocycles. The van der Waals surface area contributed by atoms with E-state index in [2.05, 4.69) is 0 Å². The van der Waals surface area contributed by atoms with Gasteiger partial charge in [-0.25, -0.2) is 4.48 Å². The van der Waals surface area contributed by atoms with Crippen LogP contribution in [0.5, 0.6) is 0 Å². The van der Waals surface area contributed by atoms with E-state index in [4.69, 9.17) is 5.11 Å². The molecule has 1 rings (SSSR count). The summed E-state index contributed by atoms with van der Waals surface area (Å²) in [4.78, 5) is 22.2. The fourth-order valence-electron chi connectivity index (χ4n) is 2.21. The third kappa shape index (κ3) is 1.84. The van der Waals surface area contributed by atoms with Gasteiger partial charge >= 0.3 is 12.1 Å². The van der Waals surface area contributed by atoms with Gasteiger partial charge in [-0.15, -0.1) is 0 Å². The maximum Gasteiger partial charge on any atom is 0.514 e. The summed E-state index contributed by atoms with van der Waals surface area (Å²) in [6.45, 7) is 6.10. The van der Waals surface area contributed by atoms with Crippen molar-refractivity contribution in [3.8, 4) is 0 Å². The van der Waals surface area contributed by atoms with E-state index in [1.54, 1.807) is 0 Å². The van der Waals surface area contributed by atoms with Crippen LogP contribution in [-0.2, 0) is 4.79 Å². The second-order valence-electron chi connectivity index (χ2n) is 5.15. The number of hydrogen-bond acceptors (Lipinski definition) is 2. The van der Waals surface area contributed by atoms with Gasteiger partial charge in [0.1, 0.15) is 18.0 Å². The van der Waals surface area contributed by atoms with E-state index in [1.165, 1.54) is 0 Å². The molecule has 0 aromatic rings. The highest BCUT2D eigenvalue weighted by Crippen LogP contribution is 2.34. The third-order valence-corrected chi connectivity index (χ3v) is 3.39. The second kappa shape index (κ2) is 3.48. The van der Waals surface area contributed by atoms with Crippen LogP contribution in [0.1, 0.15) is 27.2 Å². The fourth-order valence-corrected chi connectivity index (χ4v) is 2.21. The van der Waals surface area contributed by atoms with Crippen molar-refractivity contribution in [3.63, 3.8) is 0 Å². The first kappa shape index (κ1) is 12.0. The van der Waals surface area contributed by atoms with E-state index in [9.17, 15) is 14.7 Å². The van der Waals surface area contributed by atoms with Crippen LogP contribution >= 0.6 is 0 Å². The molecule has 5 heteroatoms. The Morgan fingerprint density at radius 2 is 1.80 bits per heavy atom. The lowest BCUT2D eigenvalue weighted by atomic mass is 10.0. The quantitative estimate of drug-likeness (QED) is 0.649. The molecule has 5 nitrogen and oxygen atoms in total. The minimum atomic E-state index is -0.925. The molecule has 0 radical (unpaired) electrons. The Hall–Kier alpha value is -1.10. The minimum Gasteiger partial charge on any atom is -0.481 e. The number of amides is 1. The van der Waals surface area contributed by atoms with Crippen molar-refractivity contribution in [2.24, 2.45) is 5.92 Å². The standard InChI is InChI=1S/C10H17NO4/c1-10(2,3)11(9(14)15)5-4-7(6-11)8(12)13/h7H,4-6H2,1-3H3,(H-,12,13,14,15)/p+1. The number of likely N-dealkylation sites (tertiary alicyclic amines) is 1. The summed E-state index contributed by atoms with van der Waals surface area (Å²) in [7, 11) is 0. The Morgan fingerprint density at radius 1 is 1.27 bits per heavy atom. The molecule has 0 saturated carbocycles. The first-order valence-corrected chi connectivity index (χ1v) is 5.04. The summed E-state index contributed by atoms with van der Waals surface area (Å²) in [5.74, 6) is -1.42. The molecular formula is C10H18NO4+. The molecule has 1 heterocycles. The van der Waals surface area contributed by atoms with Gasteiger partial charge in [0.15, 0.2) is 0 Å². The van der Waals surface area contributed by atoms with Crippen molar-refractivity contribution in [2.45, 2.75) is 32.7 Å². The van der Waals surface area contributed by atoms with Crippen LogP contribution in [0.2, 0.25) is 0 Å². The predicted molar refractivity (Wildman–Crippen MR) is 53.5 cm³/mol. The molecule has 0 aromatic heterocycles. The van der Waals surface area contributed by atoms with E-state index >= 15 is 0 Å². The number of carbonyl (C=O) groups is 2. The topological polar surface area (TPSA) is 74.6 Å². The number of hydrogen-bond donors (Lipinski definition) is 2. The first-order chi connectivity index (χ1) is 6.71. The van der Waals surface area contributed by atoms with Crippen molar-refractivity contribution in [2.75, 3.05) is 13.1 Å². The molecule has 86 valence electrons. The molecule has 1 amide bonds. The average molecular weight is 216 g/mol. The van der Waals surface area contributed by atoms with Crippen LogP contribution in [-0.4, -0.2) is 45.4 Å². The van der Waals surface area contributed by atoms with Gasteiger partial charge in [-0.1, -0.05) is 0 Å². The Balaban J connectivity index is 2.99. The van der Waals surface area contributed by atoms with Crippen molar-refractivity contribution in [3.05, 3.63) is 0 Å². The summed E-state index contributed by atoms with van der Waals surface area (Å²) in [5.41, 5.74) is -0.462. The molecule has 15 heavy (non-hydrogen) atoms. The number of nitrogens with zero attached hydrogens (tertiary/aromatic N) is 1. The average Bonchev–Trinajstić information content (AvgIpc) is 2.46. The van der Waals surface area contributed by atoms with E-state index in [1.807, 2.05) is 20.8 Å². The molecule has 0 aliphatic carbocycles. The number of aliphatic carboxylic acids is 1. The van der Waals surface area contributed by atoms with E-state index in [0.29, 0.717) is 13.0 Å². The fraction of sp³-hybridized carbons (Fsp3) is 0.800. The SMILES string of the molecule is CC(C)(C)[N+]1(C(=O)O)CCC(C(=O)O)C1. The van der Waals surface area contributed by atoms with E-state index < -0.39 is 23.5 Å². The monoisotopic (exact) mass is 216 g/mol. The Labute approximate surface area is 88.9 Å². The summed E-state index contributed by atoms with van der Waals surface area (Å²) in [5, 5.41) is 18.2. The highest BCUT2D eigenvalue weighted by Gasteiger charge is 2.54. The number of quaternary nitrogens is 1. The summed E-state index contributed by atoms with van der Waals surface area (Å²) >= 11 is 0. The smallest absolute Gasteiger partial charge is 0.481 e. The molecule has 2 atom stereocenters. The first-order valence-electron chi connectivity index (χ1n) is 5.04. The Morgan fingerprint density at radius 3 is 2.00 bits per heavy atom. The van der Waals surface area contributed by atoms with Crippen molar-refractivity contribution in [1.29, 1.82) is 0 Å². The van der Waals surface area contributed by atoms with Gasteiger partial charge in [0, 0.05) is 6.42 Å². The molecule has 1 fully saturated rings. The lowest BCUT2D eigenvalue weighted by Gasteiger charge is -2.40. The maximum absolute atomic E-state index is 11.3.